The molecule has 0 saturated carbocycles. The Hall–Kier alpha value is -1.31. The molecule has 3 rings (SSSR count). The summed E-state index contributed by atoms with van der Waals surface area (Å²) in [5.41, 5.74) is 3.74. The molecular formula is C16H20NO2P. The van der Waals surface area contributed by atoms with E-state index in [0.717, 1.165) is 18.9 Å². The van der Waals surface area contributed by atoms with Crippen LogP contribution in [0, 0.1) is 13.8 Å². The van der Waals surface area contributed by atoms with Gasteiger partial charge in [0.1, 0.15) is 5.75 Å². The summed E-state index contributed by atoms with van der Waals surface area (Å²) < 4.78 is 13.1. The van der Waals surface area contributed by atoms with Gasteiger partial charge in [-0.2, -0.15) is 0 Å². The van der Waals surface area contributed by atoms with Crippen molar-refractivity contribution in [2.24, 2.45) is 0 Å². The molecule has 0 aromatic heterocycles. The van der Waals surface area contributed by atoms with E-state index in [4.69, 9.17) is 9.47 Å². The first kappa shape index (κ1) is 13.7. The van der Waals surface area contributed by atoms with Crippen molar-refractivity contribution in [2.75, 3.05) is 24.9 Å². The Labute approximate surface area is 122 Å². The van der Waals surface area contributed by atoms with Gasteiger partial charge in [0.15, 0.2) is 0 Å². The van der Waals surface area contributed by atoms with Gasteiger partial charge in [0.25, 0.3) is 0 Å². The molecule has 1 saturated heterocycles. The summed E-state index contributed by atoms with van der Waals surface area (Å²) in [6.07, 6.45) is 0.376. The third-order valence-electron chi connectivity index (χ3n) is 3.90. The summed E-state index contributed by atoms with van der Waals surface area (Å²) in [6.45, 7) is 6.09. The van der Waals surface area contributed by atoms with E-state index in [9.17, 15) is 0 Å². The van der Waals surface area contributed by atoms with Gasteiger partial charge in [-0.1, -0.05) is 12.1 Å². The third kappa shape index (κ3) is 2.36. The maximum atomic E-state index is 5.54. The number of methoxy groups -OCH3 is 1. The van der Waals surface area contributed by atoms with Crippen LogP contribution in [-0.4, -0.2) is 26.4 Å². The van der Waals surface area contributed by atoms with E-state index in [2.05, 4.69) is 40.0 Å². The molecule has 1 unspecified atom stereocenters. The smallest absolute Gasteiger partial charge is 0.127 e. The van der Waals surface area contributed by atoms with Gasteiger partial charge in [-0.05, 0) is 51.9 Å². The molecule has 2 aromatic rings. The molecule has 4 heteroatoms. The lowest BCUT2D eigenvalue weighted by Crippen LogP contribution is -2.17. The molecule has 0 spiro atoms. The number of hydrogen-bond donors (Lipinski definition) is 0. The van der Waals surface area contributed by atoms with Gasteiger partial charge in [-0.15, -0.1) is 0 Å². The van der Waals surface area contributed by atoms with Crippen LogP contribution >= 0.6 is 9.39 Å². The normalized spacial score (nSPS) is 17.3. The molecular weight excluding hydrogens is 269 g/mol. The van der Waals surface area contributed by atoms with E-state index in [1.54, 1.807) is 7.11 Å². The zero-order valence-electron chi connectivity index (χ0n) is 12.1. The topological polar surface area (TPSA) is 25.0 Å². The van der Waals surface area contributed by atoms with E-state index < -0.39 is 0 Å². The Kier molecular flexibility index (Phi) is 3.57. The maximum Gasteiger partial charge on any atom is 0.127 e. The highest BCUT2D eigenvalue weighted by Gasteiger charge is 2.25. The zero-order chi connectivity index (χ0) is 14.3. The number of ether oxygens (including phenoxy) is 2. The molecule has 0 N–H and O–H groups in total. The summed E-state index contributed by atoms with van der Waals surface area (Å²) in [7, 11) is 4.54. The van der Waals surface area contributed by atoms with E-state index in [1.807, 2.05) is 12.1 Å². The van der Waals surface area contributed by atoms with Gasteiger partial charge in [-0.3, -0.25) is 0 Å². The quantitative estimate of drug-likeness (QED) is 0.636. The fourth-order valence-electron chi connectivity index (χ4n) is 2.73. The van der Waals surface area contributed by atoms with E-state index in [0.29, 0.717) is 6.10 Å². The van der Waals surface area contributed by atoms with Crippen molar-refractivity contribution in [1.82, 2.24) is 0 Å². The van der Waals surface area contributed by atoms with Crippen LogP contribution < -0.4 is 9.41 Å². The van der Waals surface area contributed by atoms with E-state index >= 15 is 0 Å². The second-order valence-corrected chi connectivity index (χ2v) is 5.95. The first-order valence-electron chi connectivity index (χ1n) is 6.82. The number of fused-ring (bicyclic) bond motifs is 1. The fraction of sp³-hybridized carbons (Fsp3) is 0.375. The molecule has 1 heterocycles. The number of rotatable bonds is 4. The van der Waals surface area contributed by atoms with Crippen molar-refractivity contribution in [1.29, 1.82) is 0 Å². The lowest BCUT2D eigenvalue weighted by atomic mass is 9.98. The van der Waals surface area contributed by atoms with Crippen LogP contribution in [-0.2, 0) is 4.74 Å². The van der Waals surface area contributed by atoms with Crippen LogP contribution in [0.4, 0.5) is 5.69 Å². The highest BCUT2D eigenvalue weighted by Crippen LogP contribution is 2.38. The predicted molar refractivity (Wildman–Crippen MR) is 86.8 cm³/mol. The number of epoxide rings is 1. The average Bonchev–Trinajstić information content (AvgIpc) is 3.25. The van der Waals surface area contributed by atoms with Crippen LogP contribution in [0.3, 0.4) is 0 Å². The van der Waals surface area contributed by atoms with Crippen LogP contribution in [0.2, 0.25) is 0 Å². The highest BCUT2D eigenvalue weighted by atomic mass is 31.0. The highest BCUT2D eigenvalue weighted by molar-refractivity contribution is 7.19. The van der Waals surface area contributed by atoms with Crippen molar-refractivity contribution < 1.29 is 9.47 Å². The largest absolute Gasteiger partial charge is 0.496 e. The summed E-state index contributed by atoms with van der Waals surface area (Å²) in [4.78, 5) is 0. The number of anilines is 1. The predicted octanol–water partition coefficient (Wildman–Crippen LogP) is 3.46. The Balaban J connectivity index is 2.15. The summed E-state index contributed by atoms with van der Waals surface area (Å²) in [5, 5.41) is 2.46. The Morgan fingerprint density at radius 1 is 1.40 bits per heavy atom. The van der Waals surface area contributed by atoms with Gasteiger partial charge >= 0.3 is 0 Å². The molecule has 1 fully saturated rings. The summed E-state index contributed by atoms with van der Waals surface area (Å²) >= 11 is 0. The van der Waals surface area contributed by atoms with Gasteiger partial charge < -0.3 is 14.1 Å². The molecule has 3 nitrogen and oxygen atoms in total. The molecule has 0 bridgehead atoms. The molecule has 20 heavy (non-hydrogen) atoms. The molecule has 1 aliphatic heterocycles. The zero-order valence-corrected chi connectivity index (χ0v) is 13.3. The van der Waals surface area contributed by atoms with Crippen LogP contribution in [0.1, 0.15) is 11.1 Å². The molecule has 1 aliphatic rings. The number of aryl methyl sites for hydroxylation is 2. The SMILES string of the molecule is COc1cccc2c(C)cc(N(P)C[C@H]3CO3)c(C)c12. The van der Waals surface area contributed by atoms with Crippen molar-refractivity contribution in [3.63, 3.8) is 0 Å². The fourth-order valence-corrected chi connectivity index (χ4v) is 3.23. The van der Waals surface area contributed by atoms with Crippen LogP contribution in [0.15, 0.2) is 24.3 Å². The molecule has 106 valence electrons. The first-order valence-corrected chi connectivity index (χ1v) is 7.34. The van der Waals surface area contributed by atoms with Gasteiger partial charge in [-0.25, -0.2) is 0 Å². The molecule has 2 aromatic carbocycles. The number of nitrogens with zero attached hydrogens (tertiary/aromatic N) is 1. The molecule has 2 atom stereocenters. The van der Waals surface area contributed by atoms with Crippen LogP contribution in [0.5, 0.6) is 5.75 Å². The Bertz CT molecular complexity index is 652. The maximum absolute atomic E-state index is 5.54. The molecule has 0 aliphatic carbocycles. The van der Waals surface area contributed by atoms with Crippen molar-refractivity contribution in [3.05, 3.63) is 35.4 Å². The number of benzene rings is 2. The minimum atomic E-state index is 0.376. The van der Waals surface area contributed by atoms with Gasteiger partial charge in [0.05, 0.1) is 19.8 Å². The van der Waals surface area contributed by atoms with Crippen LogP contribution in [0.25, 0.3) is 10.8 Å². The lowest BCUT2D eigenvalue weighted by molar-refractivity contribution is 0.413. The van der Waals surface area contributed by atoms with E-state index in [1.165, 1.54) is 27.6 Å². The Morgan fingerprint density at radius 2 is 2.15 bits per heavy atom. The van der Waals surface area contributed by atoms with Gasteiger partial charge in [0, 0.05) is 17.6 Å². The standard InChI is InChI=1S/C16H20NO2P/c1-10-7-14(17(20)8-12-9-19-12)11(2)16-13(10)5-4-6-15(16)18-3/h4-7,12H,8-9,20H2,1-3H3/t12-/m0/s1. The molecule has 0 radical (unpaired) electrons. The van der Waals surface area contributed by atoms with Crippen molar-refractivity contribution in [3.8, 4) is 5.75 Å². The van der Waals surface area contributed by atoms with E-state index in [-0.39, 0.29) is 0 Å². The van der Waals surface area contributed by atoms with Crippen molar-refractivity contribution >= 4 is 25.9 Å². The van der Waals surface area contributed by atoms with Crippen molar-refractivity contribution in [2.45, 2.75) is 20.0 Å². The van der Waals surface area contributed by atoms with Gasteiger partial charge in [0.2, 0.25) is 0 Å². The Morgan fingerprint density at radius 3 is 2.80 bits per heavy atom. The third-order valence-corrected chi connectivity index (χ3v) is 4.38. The second kappa shape index (κ2) is 5.23. The summed E-state index contributed by atoms with van der Waals surface area (Å²) in [6, 6.07) is 8.47. The first-order chi connectivity index (χ1) is 9.61. The second-order valence-electron chi connectivity index (χ2n) is 5.33. The average molecular weight is 289 g/mol. The monoisotopic (exact) mass is 289 g/mol. The minimum Gasteiger partial charge on any atom is -0.496 e. The number of hydrogen-bond acceptors (Lipinski definition) is 3. The minimum absolute atomic E-state index is 0.376. The lowest BCUT2D eigenvalue weighted by Gasteiger charge is -2.23. The molecule has 0 amide bonds. The summed E-state index contributed by atoms with van der Waals surface area (Å²) in [5.74, 6) is 0.936.